The maximum atomic E-state index is 13.4. The molecule has 0 spiro atoms. The van der Waals surface area contributed by atoms with E-state index in [9.17, 15) is 14.0 Å². The Kier molecular flexibility index (Phi) is 6.82. The molecule has 32 heavy (non-hydrogen) atoms. The Morgan fingerprint density at radius 2 is 1.81 bits per heavy atom. The first-order valence-electron chi connectivity index (χ1n) is 11.5. The molecule has 170 valence electrons. The maximum absolute atomic E-state index is 13.4. The zero-order valence-electron chi connectivity index (χ0n) is 18.9. The Hall–Kier alpha value is -2.83. The molecule has 1 saturated carbocycles. The van der Waals surface area contributed by atoms with Gasteiger partial charge >= 0.3 is 0 Å². The predicted molar refractivity (Wildman–Crippen MR) is 120 cm³/mol. The molecule has 0 bridgehead atoms. The van der Waals surface area contributed by atoms with E-state index < -0.39 is 0 Å². The van der Waals surface area contributed by atoms with Crippen molar-refractivity contribution >= 4 is 11.8 Å². The molecule has 1 aromatic carbocycles. The molecule has 2 heterocycles. The van der Waals surface area contributed by atoms with Gasteiger partial charge in [-0.25, -0.2) is 14.4 Å². The second kappa shape index (κ2) is 9.76. The molecule has 4 rings (SSSR count). The number of hydrogen-bond acceptors (Lipinski definition) is 4. The minimum absolute atomic E-state index is 0.00764. The fraction of sp³-hybridized carbons (Fsp3) is 0.520. The molecule has 0 radical (unpaired) electrons. The molecule has 1 N–H and O–H groups in total. The highest BCUT2D eigenvalue weighted by atomic mass is 19.1. The van der Waals surface area contributed by atoms with Gasteiger partial charge in [0.2, 0.25) is 11.8 Å². The molecular weight excluding hydrogens is 407 g/mol. The molecule has 1 aromatic heterocycles. The van der Waals surface area contributed by atoms with E-state index >= 15 is 0 Å². The molecule has 1 aliphatic heterocycles. The summed E-state index contributed by atoms with van der Waals surface area (Å²) in [5, 5.41) is 3.13. The highest BCUT2D eigenvalue weighted by Crippen LogP contribution is 2.27. The monoisotopic (exact) mass is 438 g/mol. The minimum Gasteiger partial charge on any atom is -0.353 e. The lowest BCUT2D eigenvalue weighted by atomic mass is 10.0. The van der Waals surface area contributed by atoms with E-state index in [1.54, 1.807) is 12.1 Å². The number of likely N-dealkylation sites (tertiary alicyclic amines) is 1. The second-order valence-corrected chi connectivity index (χ2v) is 9.09. The first kappa shape index (κ1) is 22.4. The number of nitrogens with one attached hydrogen (secondary N) is 1. The van der Waals surface area contributed by atoms with E-state index in [0.29, 0.717) is 31.1 Å². The van der Waals surface area contributed by atoms with Crippen LogP contribution in [-0.2, 0) is 22.4 Å². The number of aromatic nitrogens is 2. The molecule has 2 aromatic rings. The zero-order valence-corrected chi connectivity index (χ0v) is 18.9. The van der Waals surface area contributed by atoms with Gasteiger partial charge in [-0.05, 0) is 50.8 Å². The summed E-state index contributed by atoms with van der Waals surface area (Å²) >= 11 is 0. The Morgan fingerprint density at radius 1 is 1.09 bits per heavy atom. The third kappa shape index (κ3) is 5.31. The van der Waals surface area contributed by atoms with Gasteiger partial charge in [0.15, 0.2) is 0 Å². The number of carbonyl (C=O) groups is 2. The molecule has 2 fully saturated rings. The molecule has 1 atom stereocenters. The van der Waals surface area contributed by atoms with Gasteiger partial charge in [-0.3, -0.25) is 9.59 Å². The summed E-state index contributed by atoms with van der Waals surface area (Å²) in [7, 11) is 0. The van der Waals surface area contributed by atoms with Crippen LogP contribution in [0.3, 0.4) is 0 Å². The number of amides is 2. The summed E-state index contributed by atoms with van der Waals surface area (Å²) in [4.78, 5) is 36.4. The number of carbonyl (C=O) groups excluding carboxylic acids is 2. The standard InChI is InChI=1S/C25H31FN4O2/c1-16-22(14-23(31)29-21-8-3-4-9-21)17(2)28-25(27-16)19-10-11-30(15-19)24(32)13-18-6-5-7-20(26)12-18/h5-7,12,19,21H,3-4,8-11,13-15H2,1-2H3,(H,29,31)/t19-/m0/s1. The van der Waals surface area contributed by atoms with Crippen molar-refractivity contribution in [3.63, 3.8) is 0 Å². The van der Waals surface area contributed by atoms with E-state index in [1.807, 2.05) is 18.7 Å². The van der Waals surface area contributed by atoms with Crippen molar-refractivity contribution in [2.45, 2.75) is 70.8 Å². The van der Waals surface area contributed by atoms with E-state index in [0.717, 1.165) is 42.0 Å². The average molecular weight is 439 g/mol. The number of nitrogens with zero attached hydrogens (tertiary/aromatic N) is 3. The Bertz CT molecular complexity index is 980. The maximum Gasteiger partial charge on any atom is 0.227 e. The van der Waals surface area contributed by atoms with Gasteiger partial charge in [0, 0.05) is 42.0 Å². The Morgan fingerprint density at radius 3 is 2.50 bits per heavy atom. The molecule has 1 aliphatic carbocycles. The van der Waals surface area contributed by atoms with Gasteiger partial charge in [-0.1, -0.05) is 25.0 Å². The van der Waals surface area contributed by atoms with Gasteiger partial charge in [0.25, 0.3) is 0 Å². The first-order valence-corrected chi connectivity index (χ1v) is 11.5. The van der Waals surface area contributed by atoms with Crippen LogP contribution in [0.5, 0.6) is 0 Å². The van der Waals surface area contributed by atoms with Crippen LogP contribution in [0.15, 0.2) is 24.3 Å². The fourth-order valence-electron chi connectivity index (χ4n) is 4.84. The van der Waals surface area contributed by atoms with Crippen LogP contribution < -0.4 is 5.32 Å². The van der Waals surface area contributed by atoms with Crippen molar-refractivity contribution in [2.75, 3.05) is 13.1 Å². The molecule has 6 nitrogen and oxygen atoms in total. The van der Waals surface area contributed by atoms with Gasteiger partial charge in [0.1, 0.15) is 11.6 Å². The number of halogens is 1. The van der Waals surface area contributed by atoms with Crippen LogP contribution in [0, 0.1) is 19.7 Å². The van der Waals surface area contributed by atoms with E-state index in [4.69, 9.17) is 9.97 Å². The van der Waals surface area contributed by atoms with E-state index in [-0.39, 0.29) is 30.0 Å². The summed E-state index contributed by atoms with van der Waals surface area (Å²) in [6.07, 6.45) is 5.80. The highest BCUT2D eigenvalue weighted by Gasteiger charge is 2.30. The summed E-state index contributed by atoms with van der Waals surface area (Å²) < 4.78 is 13.4. The minimum atomic E-state index is -0.328. The molecule has 1 saturated heterocycles. The number of rotatable bonds is 6. The van der Waals surface area contributed by atoms with Gasteiger partial charge in [0.05, 0.1) is 12.8 Å². The number of benzene rings is 1. The fourth-order valence-corrected chi connectivity index (χ4v) is 4.84. The van der Waals surface area contributed by atoms with E-state index in [1.165, 1.54) is 25.0 Å². The lowest BCUT2D eigenvalue weighted by Crippen LogP contribution is -2.34. The molecule has 0 unspecified atom stereocenters. The summed E-state index contributed by atoms with van der Waals surface area (Å²) in [6.45, 7) is 5.07. The van der Waals surface area contributed by atoms with Gasteiger partial charge < -0.3 is 10.2 Å². The lowest BCUT2D eigenvalue weighted by Gasteiger charge is -2.18. The normalized spacial score (nSPS) is 18.8. The molecule has 2 amide bonds. The lowest BCUT2D eigenvalue weighted by molar-refractivity contribution is -0.129. The Balaban J connectivity index is 1.37. The smallest absolute Gasteiger partial charge is 0.227 e. The first-order chi connectivity index (χ1) is 15.4. The van der Waals surface area contributed by atoms with Crippen molar-refractivity contribution in [3.8, 4) is 0 Å². The van der Waals surface area contributed by atoms with Crippen molar-refractivity contribution in [1.29, 1.82) is 0 Å². The van der Waals surface area contributed by atoms with Crippen LogP contribution in [0.4, 0.5) is 4.39 Å². The van der Waals surface area contributed by atoms with Crippen LogP contribution in [0.1, 0.15) is 66.4 Å². The van der Waals surface area contributed by atoms with Crippen LogP contribution in [0.25, 0.3) is 0 Å². The predicted octanol–water partition coefficient (Wildman–Crippen LogP) is 3.39. The second-order valence-electron chi connectivity index (χ2n) is 9.09. The average Bonchev–Trinajstić information content (AvgIpc) is 3.43. The van der Waals surface area contributed by atoms with Crippen LogP contribution in [-0.4, -0.2) is 45.8 Å². The summed E-state index contributed by atoms with van der Waals surface area (Å²) in [6, 6.07) is 6.48. The summed E-state index contributed by atoms with van der Waals surface area (Å²) in [5.41, 5.74) is 3.24. The van der Waals surface area contributed by atoms with E-state index in [2.05, 4.69) is 5.32 Å². The van der Waals surface area contributed by atoms with Crippen molar-refractivity contribution < 1.29 is 14.0 Å². The highest BCUT2D eigenvalue weighted by molar-refractivity contribution is 5.80. The quantitative estimate of drug-likeness (QED) is 0.750. The number of aryl methyl sites for hydroxylation is 2. The third-order valence-electron chi connectivity index (χ3n) is 6.65. The zero-order chi connectivity index (χ0) is 22.7. The third-order valence-corrected chi connectivity index (χ3v) is 6.65. The van der Waals surface area contributed by atoms with Gasteiger partial charge in [-0.2, -0.15) is 0 Å². The Labute approximate surface area is 188 Å². The molecule has 2 aliphatic rings. The van der Waals surface area contributed by atoms with Crippen LogP contribution in [0.2, 0.25) is 0 Å². The number of hydrogen-bond donors (Lipinski definition) is 1. The summed E-state index contributed by atoms with van der Waals surface area (Å²) in [5.74, 6) is 0.512. The van der Waals surface area contributed by atoms with Crippen LogP contribution >= 0.6 is 0 Å². The van der Waals surface area contributed by atoms with Crippen molar-refractivity contribution in [2.24, 2.45) is 0 Å². The largest absolute Gasteiger partial charge is 0.353 e. The SMILES string of the molecule is Cc1nc([C@H]2CCN(C(=O)Cc3cccc(F)c3)C2)nc(C)c1CC(=O)NC1CCCC1. The molecule has 7 heteroatoms. The molecular formula is C25H31FN4O2. The topological polar surface area (TPSA) is 75.2 Å². The van der Waals surface area contributed by atoms with Crippen molar-refractivity contribution in [3.05, 3.63) is 58.4 Å². The van der Waals surface area contributed by atoms with Crippen molar-refractivity contribution in [1.82, 2.24) is 20.2 Å². The van der Waals surface area contributed by atoms with Gasteiger partial charge in [-0.15, -0.1) is 0 Å².